The molecule has 0 spiro atoms. The summed E-state index contributed by atoms with van der Waals surface area (Å²) in [6.07, 6.45) is 2.81. The molecular weight excluding hydrogens is 296 g/mol. The van der Waals surface area contributed by atoms with Crippen molar-refractivity contribution in [2.45, 2.75) is 6.92 Å². The van der Waals surface area contributed by atoms with Crippen LogP contribution in [0.5, 0.6) is 5.75 Å². The number of hydrogen-bond acceptors (Lipinski definition) is 5. The van der Waals surface area contributed by atoms with E-state index in [0.29, 0.717) is 11.1 Å². The number of rotatable bonds is 4. The highest BCUT2D eigenvalue weighted by atomic mass is 32.1. The molecule has 0 bridgehead atoms. The summed E-state index contributed by atoms with van der Waals surface area (Å²) in [4.78, 5) is 0. The van der Waals surface area contributed by atoms with Crippen LogP contribution in [0.1, 0.15) is 16.7 Å². The number of hydrazone groups is 2. The van der Waals surface area contributed by atoms with E-state index in [0.717, 1.165) is 5.56 Å². The van der Waals surface area contributed by atoms with Gasteiger partial charge in [-0.3, -0.25) is 10.9 Å². The van der Waals surface area contributed by atoms with E-state index >= 15 is 0 Å². The molecule has 0 amide bonds. The van der Waals surface area contributed by atoms with E-state index in [2.05, 4.69) is 45.5 Å². The molecule has 0 aliphatic rings. The largest absolute Gasteiger partial charge is 0.507 e. The molecule has 7 N–H and O–H groups in total. The van der Waals surface area contributed by atoms with Gasteiger partial charge in [-0.15, -0.1) is 0 Å². The van der Waals surface area contributed by atoms with Crippen molar-refractivity contribution in [3.8, 4) is 5.75 Å². The third kappa shape index (κ3) is 5.16. The fourth-order valence-corrected chi connectivity index (χ4v) is 1.47. The summed E-state index contributed by atoms with van der Waals surface area (Å²) in [6.45, 7) is 1.87. The second-order valence-corrected chi connectivity index (χ2v) is 4.64. The van der Waals surface area contributed by atoms with Crippen LogP contribution in [-0.2, 0) is 0 Å². The van der Waals surface area contributed by atoms with E-state index in [1.807, 2.05) is 6.92 Å². The van der Waals surface area contributed by atoms with Crippen molar-refractivity contribution in [3.05, 3.63) is 28.8 Å². The van der Waals surface area contributed by atoms with Crippen LogP contribution in [0.2, 0.25) is 0 Å². The lowest BCUT2D eigenvalue weighted by atomic mass is 10.1. The SMILES string of the molecule is Cc1cc(C=NNC(N)=S)c(O)c(C=NNC(N)=S)c1. The first-order chi connectivity index (χ1) is 9.40. The van der Waals surface area contributed by atoms with Crippen LogP contribution < -0.4 is 22.3 Å². The molecule has 0 aromatic heterocycles. The second kappa shape index (κ2) is 7.36. The first-order valence-corrected chi connectivity index (χ1v) is 6.22. The Bertz CT molecular complexity index is 537. The fourth-order valence-electron chi connectivity index (χ4n) is 1.36. The van der Waals surface area contributed by atoms with Crippen LogP contribution in [-0.4, -0.2) is 27.8 Å². The molecule has 9 heteroatoms. The number of phenols is 1. The topological polar surface area (TPSA) is 121 Å². The average Bonchev–Trinajstić information content (AvgIpc) is 2.33. The lowest BCUT2D eigenvalue weighted by Crippen LogP contribution is -2.24. The minimum Gasteiger partial charge on any atom is -0.507 e. The van der Waals surface area contributed by atoms with Gasteiger partial charge >= 0.3 is 0 Å². The van der Waals surface area contributed by atoms with Gasteiger partial charge in [-0.25, -0.2) is 0 Å². The summed E-state index contributed by atoms with van der Waals surface area (Å²) >= 11 is 9.23. The number of hydrogen-bond donors (Lipinski definition) is 5. The van der Waals surface area contributed by atoms with Crippen molar-refractivity contribution in [1.82, 2.24) is 10.9 Å². The summed E-state index contributed by atoms with van der Waals surface area (Å²) < 4.78 is 0. The van der Waals surface area contributed by atoms with Gasteiger partial charge in [0.2, 0.25) is 0 Å². The van der Waals surface area contributed by atoms with Gasteiger partial charge in [0.05, 0.1) is 12.4 Å². The van der Waals surface area contributed by atoms with Crippen molar-refractivity contribution >= 4 is 47.1 Å². The van der Waals surface area contributed by atoms with E-state index in [9.17, 15) is 5.11 Å². The fraction of sp³-hybridized carbons (Fsp3) is 0.0909. The van der Waals surface area contributed by atoms with Crippen molar-refractivity contribution in [2.75, 3.05) is 0 Å². The number of aromatic hydroxyl groups is 1. The minimum atomic E-state index is 0.0116. The van der Waals surface area contributed by atoms with E-state index in [-0.39, 0.29) is 16.0 Å². The van der Waals surface area contributed by atoms with Crippen LogP contribution >= 0.6 is 24.4 Å². The van der Waals surface area contributed by atoms with E-state index in [1.54, 1.807) is 12.1 Å². The first kappa shape index (κ1) is 15.8. The molecule has 0 unspecified atom stereocenters. The molecule has 106 valence electrons. The smallest absolute Gasteiger partial charge is 0.184 e. The Morgan fingerprint density at radius 2 is 1.50 bits per heavy atom. The standard InChI is InChI=1S/C11H14N6OS2/c1-6-2-7(4-14-16-10(12)19)9(18)8(3-6)5-15-17-11(13)20/h2-5,18H,1H3,(H3,12,16,19)(H3,13,17,20). The zero-order valence-corrected chi connectivity index (χ0v) is 12.3. The maximum atomic E-state index is 10.1. The molecule has 0 fully saturated rings. The molecule has 1 rings (SSSR count). The number of nitrogens with one attached hydrogen (secondary N) is 2. The van der Waals surface area contributed by atoms with E-state index in [1.165, 1.54) is 12.4 Å². The van der Waals surface area contributed by atoms with Gasteiger partial charge in [0, 0.05) is 11.1 Å². The monoisotopic (exact) mass is 310 g/mol. The van der Waals surface area contributed by atoms with Gasteiger partial charge in [-0.05, 0) is 49.1 Å². The number of benzene rings is 1. The van der Waals surface area contributed by atoms with Crippen LogP contribution in [0.3, 0.4) is 0 Å². The van der Waals surface area contributed by atoms with Gasteiger partial charge in [-0.2, -0.15) is 10.2 Å². The molecule has 1 aromatic carbocycles. The molecule has 1 aromatic rings. The van der Waals surface area contributed by atoms with Crippen molar-refractivity contribution in [2.24, 2.45) is 21.7 Å². The Kier molecular flexibility index (Phi) is 5.81. The summed E-state index contributed by atoms with van der Waals surface area (Å²) in [7, 11) is 0. The number of aryl methyl sites for hydroxylation is 1. The average molecular weight is 310 g/mol. The van der Waals surface area contributed by atoms with Crippen molar-refractivity contribution < 1.29 is 5.11 Å². The number of thiocarbonyl (C=S) groups is 2. The normalized spacial score (nSPS) is 10.8. The Morgan fingerprint density at radius 1 is 1.10 bits per heavy atom. The zero-order chi connectivity index (χ0) is 15.1. The van der Waals surface area contributed by atoms with Gasteiger partial charge in [0.25, 0.3) is 0 Å². The molecular formula is C11H14N6OS2. The molecule has 20 heavy (non-hydrogen) atoms. The van der Waals surface area contributed by atoms with E-state index < -0.39 is 0 Å². The third-order valence-corrected chi connectivity index (χ3v) is 2.25. The maximum absolute atomic E-state index is 10.1. The van der Waals surface area contributed by atoms with Gasteiger partial charge in [-0.1, -0.05) is 0 Å². The molecule has 7 nitrogen and oxygen atoms in total. The predicted octanol–water partition coefficient (Wildman–Crippen LogP) is 0.0348. The molecule has 0 saturated heterocycles. The number of nitrogens with zero attached hydrogens (tertiary/aromatic N) is 2. The lowest BCUT2D eigenvalue weighted by molar-refractivity contribution is 0.473. The molecule has 0 heterocycles. The number of phenolic OH excluding ortho intramolecular Hbond substituents is 1. The molecule has 0 aliphatic carbocycles. The Balaban J connectivity index is 3.00. The number of nitrogens with two attached hydrogens (primary N) is 2. The molecule has 0 radical (unpaired) electrons. The minimum absolute atomic E-state index is 0.0116. The Hall–Kier alpha value is -2.26. The highest BCUT2D eigenvalue weighted by Gasteiger charge is 2.05. The third-order valence-electron chi connectivity index (χ3n) is 2.07. The first-order valence-electron chi connectivity index (χ1n) is 5.40. The lowest BCUT2D eigenvalue weighted by Gasteiger charge is -2.05. The Morgan fingerprint density at radius 3 is 1.85 bits per heavy atom. The zero-order valence-electron chi connectivity index (χ0n) is 10.6. The Labute approximate surface area is 126 Å². The second-order valence-electron chi connectivity index (χ2n) is 3.76. The quantitative estimate of drug-likeness (QED) is 0.302. The summed E-state index contributed by atoms with van der Waals surface area (Å²) in [5, 5.41) is 17.7. The maximum Gasteiger partial charge on any atom is 0.184 e. The highest BCUT2D eigenvalue weighted by molar-refractivity contribution is 7.80. The molecule has 0 aliphatic heterocycles. The van der Waals surface area contributed by atoms with E-state index in [4.69, 9.17) is 11.5 Å². The van der Waals surface area contributed by atoms with Crippen molar-refractivity contribution in [3.63, 3.8) is 0 Å². The van der Waals surface area contributed by atoms with Crippen LogP contribution in [0.25, 0.3) is 0 Å². The van der Waals surface area contributed by atoms with Gasteiger partial charge in [0.1, 0.15) is 5.75 Å². The molecule has 0 saturated carbocycles. The van der Waals surface area contributed by atoms with Crippen molar-refractivity contribution in [1.29, 1.82) is 0 Å². The van der Waals surface area contributed by atoms with Gasteiger partial charge in [0.15, 0.2) is 10.2 Å². The highest BCUT2D eigenvalue weighted by Crippen LogP contribution is 2.21. The van der Waals surface area contributed by atoms with Crippen LogP contribution in [0.4, 0.5) is 0 Å². The van der Waals surface area contributed by atoms with Crippen LogP contribution in [0, 0.1) is 6.92 Å². The molecule has 0 atom stereocenters. The summed E-state index contributed by atoms with van der Waals surface area (Å²) in [5.74, 6) is 0.0116. The summed E-state index contributed by atoms with van der Waals surface area (Å²) in [5.41, 5.74) is 17.2. The van der Waals surface area contributed by atoms with Crippen LogP contribution in [0.15, 0.2) is 22.3 Å². The van der Waals surface area contributed by atoms with Gasteiger partial charge < -0.3 is 16.6 Å². The predicted molar refractivity (Wildman–Crippen MR) is 87.9 cm³/mol. The summed E-state index contributed by atoms with van der Waals surface area (Å²) in [6, 6.07) is 3.50.